The number of nitriles is 1. The van der Waals surface area contributed by atoms with Crippen LogP contribution in [0.5, 0.6) is 0 Å². The Hall–Kier alpha value is -1.82. The van der Waals surface area contributed by atoms with Gasteiger partial charge in [-0.05, 0) is 42.9 Å². The molecule has 0 radical (unpaired) electrons. The monoisotopic (exact) mass is 242 g/mol. The maximum Gasteiger partial charge on any atom is 0.244 e. The summed E-state index contributed by atoms with van der Waals surface area (Å²) in [6.45, 7) is 4.36. The molecule has 0 heterocycles. The molecule has 1 N–H and O–H groups in total. The lowest BCUT2D eigenvalue weighted by Crippen LogP contribution is -2.22. The van der Waals surface area contributed by atoms with Crippen molar-refractivity contribution in [3.8, 4) is 6.07 Å². The average Bonchev–Trinajstić information content (AvgIpc) is 3.12. The quantitative estimate of drug-likeness (QED) is 0.881. The molecule has 1 saturated carbocycles. The molecule has 3 heteroatoms. The molecule has 1 aromatic carbocycles. The highest BCUT2D eigenvalue weighted by Gasteiger charge is 2.50. The zero-order chi connectivity index (χ0) is 13.2. The zero-order valence-corrected chi connectivity index (χ0v) is 10.9. The molecule has 3 nitrogen and oxygen atoms in total. The van der Waals surface area contributed by atoms with E-state index in [1.165, 1.54) is 5.56 Å². The summed E-state index contributed by atoms with van der Waals surface area (Å²) in [5.74, 6) is 0.459. The van der Waals surface area contributed by atoms with E-state index in [-0.39, 0.29) is 5.91 Å². The van der Waals surface area contributed by atoms with Crippen molar-refractivity contribution in [3.63, 3.8) is 0 Å². The van der Waals surface area contributed by atoms with Gasteiger partial charge in [0.2, 0.25) is 5.91 Å². The van der Waals surface area contributed by atoms with E-state index < -0.39 is 5.41 Å². The van der Waals surface area contributed by atoms with Crippen LogP contribution in [0.4, 0.5) is 5.69 Å². The predicted octanol–water partition coefficient (Wildman–Crippen LogP) is 3.13. The fourth-order valence-electron chi connectivity index (χ4n) is 1.96. The van der Waals surface area contributed by atoms with Crippen molar-refractivity contribution in [3.05, 3.63) is 29.8 Å². The molecule has 0 aromatic heterocycles. The van der Waals surface area contributed by atoms with Gasteiger partial charge in [0, 0.05) is 5.69 Å². The molecule has 0 saturated heterocycles. The molecule has 1 aliphatic carbocycles. The average molecular weight is 242 g/mol. The second-order valence-corrected chi connectivity index (χ2v) is 5.44. The first-order valence-electron chi connectivity index (χ1n) is 6.37. The summed E-state index contributed by atoms with van der Waals surface area (Å²) in [6.07, 6.45) is 2.40. The Morgan fingerprint density at radius 2 is 2.00 bits per heavy atom. The summed E-state index contributed by atoms with van der Waals surface area (Å²) in [5, 5.41) is 11.8. The molecular formula is C15H18N2O. The molecular weight excluding hydrogens is 224 g/mol. The topological polar surface area (TPSA) is 52.9 Å². The van der Waals surface area contributed by atoms with Crippen molar-refractivity contribution in [2.24, 2.45) is 11.3 Å². The van der Waals surface area contributed by atoms with Crippen LogP contribution in [0.15, 0.2) is 24.3 Å². The Balaban J connectivity index is 1.99. The first-order valence-corrected chi connectivity index (χ1v) is 6.37. The minimum Gasteiger partial charge on any atom is -0.325 e. The highest BCUT2D eigenvalue weighted by Crippen LogP contribution is 2.45. The fourth-order valence-corrected chi connectivity index (χ4v) is 1.96. The van der Waals surface area contributed by atoms with Crippen LogP contribution in [0.1, 0.15) is 32.3 Å². The number of hydrogen-bond acceptors (Lipinski definition) is 2. The summed E-state index contributed by atoms with van der Waals surface area (Å²) in [5.41, 5.74) is 1.29. The maximum absolute atomic E-state index is 11.9. The molecule has 1 aliphatic rings. The van der Waals surface area contributed by atoms with Gasteiger partial charge in [-0.1, -0.05) is 26.0 Å². The van der Waals surface area contributed by atoms with Gasteiger partial charge in [-0.15, -0.1) is 0 Å². The van der Waals surface area contributed by atoms with Gasteiger partial charge in [0.05, 0.1) is 6.07 Å². The number of anilines is 1. The third-order valence-corrected chi connectivity index (χ3v) is 3.25. The number of rotatable bonds is 4. The van der Waals surface area contributed by atoms with Crippen molar-refractivity contribution >= 4 is 11.6 Å². The highest BCUT2D eigenvalue weighted by molar-refractivity contribution is 5.99. The molecule has 0 bridgehead atoms. The van der Waals surface area contributed by atoms with Crippen molar-refractivity contribution in [2.75, 3.05) is 5.32 Å². The Morgan fingerprint density at radius 1 is 1.39 bits per heavy atom. The minimum absolute atomic E-state index is 0.165. The number of carbonyl (C=O) groups excluding carboxylic acids is 1. The fraction of sp³-hybridized carbons (Fsp3) is 0.467. The summed E-state index contributed by atoms with van der Waals surface area (Å²) < 4.78 is 0. The standard InChI is InChI=1S/C15H18N2O/c1-11(2)9-12-3-5-13(6-4-12)17-14(18)15(10-16)7-8-15/h3-6,11H,7-9H2,1-2H3,(H,17,18). The van der Waals surface area contributed by atoms with Gasteiger partial charge in [-0.3, -0.25) is 4.79 Å². The second-order valence-electron chi connectivity index (χ2n) is 5.44. The van der Waals surface area contributed by atoms with Gasteiger partial charge in [0.1, 0.15) is 5.41 Å². The zero-order valence-electron chi connectivity index (χ0n) is 10.9. The number of hydrogen-bond donors (Lipinski definition) is 1. The van der Waals surface area contributed by atoms with E-state index >= 15 is 0 Å². The first kappa shape index (κ1) is 12.6. The summed E-state index contributed by atoms with van der Waals surface area (Å²) in [4.78, 5) is 11.9. The number of amides is 1. The van der Waals surface area contributed by atoms with E-state index in [4.69, 9.17) is 5.26 Å². The number of nitrogens with one attached hydrogen (secondary N) is 1. The van der Waals surface area contributed by atoms with Crippen molar-refractivity contribution in [1.29, 1.82) is 5.26 Å². The molecule has 1 aromatic rings. The van der Waals surface area contributed by atoms with E-state index in [0.717, 1.165) is 12.1 Å². The third kappa shape index (κ3) is 2.70. The summed E-state index contributed by atoms with van der Waals surface area (Å²) in [7, 11) is 0. The first-order chi connectivity index (χ1) is 8.55. The van der Waals surface area contributed by atoms with Crippen LogP contribution in [-0.2, 0) is 11.2 Å². The van der Waals surface area contributed by atoms with Gasteiger partial charge >= 0.3 is 0 Å². The van der Waals surface area contributed by atoms with E-state index in [1.807, 2.05) is 24.3 Å². The second kappa shape index (κ2) is 4.81. The lowest BCUT2D eigenvalue weighted by Gasteiger charge is -2.09. The van der Waals surface area contributed by atoms with Gasteiger partial charge in [-0.2, -0.15) is 5.26 Å². The van der Waals surface area contributed by atoms with Crippen LogP contribution in [-0.4, -0.2) is 5.91 Å². The van der Waals surface area contributed by atoms with Crippen LogP contribution < -0.4 is 5.32 Å². The highest BCUT2D eigenvalue weighted by atomic mass is 16.2. The minimum atomic E-state index is -0.753. The van der Waals surface area contributed by atoms with Crippen molar-refractivity contribution in [2.45, 2.75) is 33.1 Å². The molecule has 1 fully saturated rings. The van der Waals surface area contributed by atoms with E-state index in [2.05, 4.69) is 25.2 Å². The molecule has 0 unspecified atom stereocenters. The van der Waals surface area contributed by atoms with Crippen LogP contribution in [0, 0.1) is 22.7 Å². The van der Waals surface area contributed by atoms with Gasteiger partial charge in [0.25, 0.3) is 0 Å². The lowest BCUT2D eigenvalue weighted by atomic mass is 10.0. The third-order valence-electron chi connectivity index (χ3n) is 3.25. The summed E-state index contributed by atoms with van der Waals surface area (Å²) in [6, 6.07) is 9.97. The smallest absolute Gasteiger partial charge is 0.244 e. The van der Waals surface area contributed by atoms with Gasteiger partial charge < -0.3 is 5.32 Å². The molecule has 0 atom stereocenters. The molecule has 18 heavy (non-hydrogen) atoms. The van der Waals surface area contributed by atoms with E-state index in [0.29, 0.717) is 18.8 Å². The SMILES string of the molecule is CC(C)Cc1ccc(NC(=O)C2(C#N)CC2)cc1. The van der Waals surface area contributed by atoms with Crippen molar-refractivity contribution < 1.29 is 4.79 Å². The molecule has 0 aliphatic heterocycles. The van der Waals surface area contributed by atoms with Crippen LogP contribution in [0.2, 0.25) is 0 Å². The number of nitrogens with zero attached hydrogens (tertiary/aromatic N) is 1. The lowest BCUT2D eigenvalue weighted by molar-refractivity contribution is -0.119. The largest absolute Gasteiger partial charge is 0.325 e. The van der Waals surface area contributed by atoms with Crippen LogP contribution in [0.3, 0.4) is 0 Å². The van der Waals surface area contributed by atoms with E-state index in [1.54, 1.807) is 0 Å². The number of carbonyl (C=O) groups is 1. The molecule has 94 valence electrons. The van der Waals surface area contributed by atoms with Gasteiger partial charge in [-0.25, -0.2) is 0 Å². The Kier molecular flexibility index (Phi) is 3.38. The van der Waals surface area contributed by atoms with Crippen LogP contribution >= 0.6 is 0 Å². The Morgan fingerprint density at radius 3 is 2.44 bits per heavy atom. The van der Waals surface area contributed by atoms with Crippen molar-refractivity contribution in [1.82, 2.24) is 0 Å². The van der Waals surface area contributed by atoms with E-state index in [9.17, 15) is 4.79 Å². The van der Waals surface area contributed by atoms with Gasteiger partial charge in [0.15, 0.2) is 0 Å². The number of benzene rings is 1. The Labute approximate surface area is 108 Å². The maximum atomic E-state index is 11.9. The molecule has 0 spiro atoms. The molecule has 2 rings (SSSR count). The normalized spacial score (nSPS) is 16.1. The Bertz CT molecular complexity index is 478. The predicted molar refractivity (Wildman–Crippen MR) is 70.9 cm³/mol. The molecule has 1 amide bonds. The summed E-state index contributed by atoms with van der Waals surface area (Å²) >= 11 is 0. The van der Waals surface area contributed by atoms with Crippen LogP contribution in [0.25, 0.3) is 0 Å².